The number of carbonyl (C=O) groups excluding carboxylic acids is 1. The molecule has 0 radical (unpaired) electrons. The topological polar surface area (TPSA) is 17.1 Å². The Morgan fingerprint density at radius 2 is 2.00 bits per heavy atom. The Morgan fingerprint density at radius 1 is 1.38 bits per heavy atom. The molecule has 0 fully saturated rings. The minimum absolute atomic E-state index is 0.146. The summed E-state index contributed by atoms with van der Waals surface area (Å²) in [6.07, 6.45) is 8.13. The highest BCUT2D eigenvalue weighted by molar-refractivity contribution is 5.95. The van der Waals surface area contributed by atoms with E-state index in [1.54, 1.807) is 6.08 Å². The van der Waals surface area contributed by atoms with Crippen molar-refractivity contribution in [2.24, 2.45) is 11.8 Å². The van der Waals surface area contributed by atoms with Gasteiger partial charge in [0, 0.05) is 11.8 Å². The van der Waals surface area contributed by atoms with Crippen molar-refractivity contribution in [2.75, 3.05) is 0 Å². The van der Waals surface area contributed by atoms with Gasteiger partial charge in [-0.25, -0.2) is 0 Å². The number of ketones is 1. The van der Waals surface area contributed by atoms with Gasteiger partial charge in [-0.1, -0.05) is 24.3 Å². The number of carbonyl (C=O) groups is 1. The summed E-state index contributed by atoms with van der Waals surface area (Å²) < 4.78 is 0. The quantitative estimate of drug-likeness (QED) is 0.558. The van der Waals surface area contributed by atoms with Gasteiger partial charge in [0.15, 0.2) is 5.78 Å². The number of hydrogen-bond acceptors (Lipinski definition) is 1. The average molecular weight is 174 g/mol. The fourth-order valence-electron chi connectivity index (χ4n) is 2.12. The van der Waals surface area contributed by atoms with Crippen LogP contribution >= 0.6 is 0 Å². The molecule has 0 aliphatic heterocycles. The van der Waals surface area contributed by atoms with Crippen LogP contribution in [0, 0.1) is 11.8 Å². The maximum atomic E-state index is 11.6. The maximum absolute atomic E-state index is 11.6. The number of allylic oxidation sites excluding steroid dienone is 5. The highest BCUT2D eigenvalue weighted by atomic mass is 16.1. The predicted molar refractivity (Wildman–Crippen MR) is 53.3 cm³/mol. The summed E-state index contributed by atoms with van der Waals surface area (Å²) in [5.41, 5.74) is 2.17. The average Bonchev–Trinajstić information content (AvgIpc) is 2.36. The van der Waals surface area contributed by atoms with Crippen LogP contribution in [0.1, 0.15) is 19.8 Å². The second-order valence-electron chi connectivity index (χ2n) is 3.96. The molecule has 3 aliphatic rings. The molecule has 0 spiro atoms. The van der Waals surface area contributed by atoms with E-state index in [1.807, 2.05) is 6.92 Å². The minimum Gasteiger partial charge on any atom is -0.294 e. The molecule has 0 aromatic heterocycles. The van der Waals surface area contributed by atoms with Gasteiger partial charge in [-0.05, 0) is 31.4 Å². The third-order valence-electron chi connectivity index (χ3n) is 2.92. The molecule has 0 aromatic carbocycles. The van der Waals surface area contributed by atoms with Crippen LogP contribution in [0.3, 0.4) is 0 Å². The first-order valence-electron chi connectivity index (χ1n) is 4.78. The van der Waals surface area contributed by atoms with Gasteiger partial charge in [0.1, 0.15) is 0 Å². The molecule has 0 aromatic rings. The highest BCUT2D eigenvalue weighted by Crippen LogP contribution is 2.35. The molecule has 2 bridgehead atoms. The molecule has 2 atom stereocenters. The third kappa shape index (κ3) is 1.39. The van der Waals surface area contributed by atoms with Crippen LogP contribution in [0.15, 0.2) is 36.0 Å². The number of rotatable bonds is 1. The lowest BCUT2D eigenvalue weighted by molar-refractivity contribution is -0.117. The Bertz CT molecular complexity index is 320. The number of fused-ring (bicyclic) bond motifs is 2. The van der Waals surface area contributed by atoms with Crippen molar-refractivity contribution < 1.29 is 4.79 Å². The molecule has 0 saturated carbocycles. The van der Waals surface area contributed by atoms with E-state index in [0.29, 0.717) is 5.92 Å². The molecular formula is C12H14O. The number of hydrogen-bond donors (Lipinski definition) is 0. The molecule has 0 saturated heterocycles. The van der Waals surface area contributed by atoms with E-state index < -0.39 is 0 Å². The first kappa shape index (κ1) is 8.49. The van der Waals surface area contributed by atoms with Gasteiger partial charge in [-0.3, -0.25) is 4.79 Å². The van der Waals surface area contributed by atoms with Crippen molar-refractivity contribution in [2.45, 2.75) is 19.8 Å². The normalized spacial score (nSPS) is 31.5. The van der Waals surface area contributed by atoms with Crippen molar-refractivity contribution in [1.82, 2.24) is 0 Å². The van der Waals surface area contributed by atoms with E-state index in [2.05, 4.69) is 18.7 Å². The largest absolute Gasteiger partial charge is 0.294 e. The van der Waals surface area contributed by atoms with Gasteiger partial charge < -0.3 is 0 Å². The molecule has 68 valence electrons. The fourth-order valence-corrected chi connectivity index (χ4v) is 2.12. The van der Waals surface area contributed by atoms with Crippen LogP contribution in [0.5, 0.6) is 0 Å². The first-order chi connectivity index (χ1) is 6.18. The zero-order valence-electron chi connectivity index (χ0n) is 7.92. The molecule has 3 rings (SSSR count). The van der Waals surface area contributed by atoms with E-state index in [-0.39, 0.29) is 11.7 Å². The van der Waals surface area contributed by atoms with E-state index in [0.717, 1.165) is 24.0 Å². The summed E-state index contributed by atoms with van der Waals surface area (Å²) in [6, 6.07) is 0. The van der Waals surface area contributed by atoms with Gasteiger partial charge in [0.05, 0.1) is 0 Å². The van der Waals surface area contributed by atoms with Crippen LogP contribution in [0.2, 0.25) is 0 Å². The van der Waals surface area contributed by atoms with Crippen LogP contribution in [-0.2, 0) is 4.79 Å². The van der Waals surface area contributed by atoms with Gasteiger partial charge in [0.2, 0.25) is 0 Å². The second kappa shape index (κ2) is 2.99. The van der Waals surface area contributed by atoms with Gasteiger partial charge in [-0.15, -0.1) is 0 Å². The lowest BCUT2D eigenvalue weighted by atomic mass is 9.86. The molecular weight excluding hydrogens is 160 g/mol. The maximum Gasteiger partial charge on any atom is 0.162 e. The molecule has 1 heteroatoms. The summed E-state index contributed by atoms with van der Waals surface area (Å²) in [4.78, 5) is 11.6. The zero-order valence-corrected chi connectivity index (χ0v) is 7.92. The molecule has 0 N–H and O–H groups in total. The van der Waals surface area contributed by atoms with Gasteiger partial charge in [-0.2, -0.15) is 0 Å². The Labute approximate surface area is 78.8 Å². The van der Waals surface area contributed by atoms with Crippen LogP contribution in [0.4, 0.5) is 0 Å². The van der Waals surface area contributed by atoms with Crippen molar-refractivity contribution >= 4 is 5.78 Å². The van der Waals surface area contributed by atoms with E-state index in [9.17, 15) is 4.79 Å². The molecule has 3 aliphatic carbocycles. The Balaban J connectivity index is 2.43. The molecule has 0 heterocycles. The third-order valence-corrected chi connectivity index (χ3v) is 2.92. The van der Waals surface area contributed by atoms with Crippen LogP contribution in [-0.4, -0.2) is 5.78 Å². The lowest BCUT2D eigenvalue weighted by Gasteiger charge is -2.18. The lowest BCUT2D eigenvalue weighted by Crippen LogP contribution is -2.10. The second-order valence-corrected chi connectivity index (χ2v) is 3.96. The van der Waals surface area contributed by atoms with Crippen molar-refractivity contribution in [3.63, 3.8) is 0 Å². The Hall–Kier alpha value is -1.11. The summed E-state index contributed by atoms with van der Waals surface area (Å²) >= 11 is 0. The molecule has 13 heavy (non-hydrogen) atoms. The van der Waals surface area contributed by atoms with E-state index in [1.165, 1.54) is 0 Å². The van der Waals surface area contributed by atoms with Gasteiger partial charge in [0.25, 0.3) is 0 Å². The summed E-state index contributed by atoms with van der Waals surface area (Å²) in [5, 5.41) is 0. The predicted octanol–water partition coefficient (Wildman–Crippen LogP) is 2.65. The van der Waals surface area contributed by atoms with E-state index in [4.69, 9.17) is 0 Å². The van der Waals surface area contributed by atoms with E-state index >= 15 is 0 Å². The Morgan fingerprint density at radius 3 is 2.54 bits per heavy atom. The van der Waals surface area contributed by atoms with Crippen molar-refractivity contribution in [3.8, 4) is 0 Å². The highest BCUT2D eigenvalue weighted by Gasteiger charge is 2.27. The monoisotopic (exact) mass is 174 g/mol. The van der Waals surface area contributed by atoms with Gasteiger partial charge >= 0.3 is 0 Å². The first-order valence-corrected chi connectivity index (χ1v) is 4.78. The SMILES string of the molecule is C=C(C)C1=CC(=O)C2C=CC1CC2. The molecule has 2 unspecified atom stereocenters. The zero-order chi connectivity index (χ0) is 9.42. The molecule has 1 nitrogen and oxygen atoms in total. The summed E-state index contributed by atoms with van der Waals surface area (Å²) in [6.45, 7) is 5.90. The summed E-state index contributed by atoms with van der Waals surface area (Å²) in [5.74, 6) is 0.850. The molecule has 0 amide bonds. The van der Waals surface area contributed by atoms with Crippen molar-refractivity contribution in [1.29, 1.82) is 0 Å². The van der Waals surface area contributed by atoms with Crippen molar-refractivity contribution in [3.05, 3.63) is 36.0 Å². The Kier molecular flexibility index (Phi) is 1.95. The van der Waals surface area contributed by atoms with Crippen LogP contribution < -0.4 is 0 Å². The van der Waals surface area contributed by atoms with Crippen LogP contribution in [0.25, 0.3) is 0 Å². The standard InChI is InChI=1S/C12H14O/c1-8(2)11-7-12(13)10-5-3-9(11)4-6-10/h3,5,7,9-10H,1,4,6H2,2H3. The minimum atomic E-state index is 0.146. The summed E-state index contributed by atoms with van der Waals surface area (Å²) in [7, 11) is 0. The fraction of sp³-hybridized carbons (Fsp3) is 0.417. The smallest absolute Gasteiger partial charge is 0.162 e.